The summed E-state index contributed by atoms with van der Waals surface area (Å²) in [6.45, 7) is 6.67. The summed E-state index contributed by atoms with van der Waals surface area (Å²) < 4.78 is 7.40. The Labute approximate surface area is 185 Å². The highest BCUT2D eigenvalue weighted by Crippen LogP contribution is 2.56. The molecule has 1 unspecified atom stereocenters. The maximum Gasteiger partial charge on any atom is 0.198 e. The van der Waals surface area contributed by atoms with Gasteiger partial charge in [-0.2, -0.15) is 0 Å². The lowest BCUT2D eigenvalue weighted by Crippen LogP contribution is -2.24. The topological polar surface area (TPSA) is 26.3 Å². The molecule has 0 amide bonds. The monoisotopic (exact) mass is 430 g/mol. The number of hydrogen-bond donors (Lipinski definition) is 0. The highest BCUT2D eigenvalue weighted by molar-refractivity contribution is 8.24. The number of thioether (sulfide) groups is 2. The van der Waals surface area contributed by atoms with Crippen molar-refractivity contribution in [1.82, 2.24) is 0 Å². The van der Waals surface area contributed by atoms with E-state index in [4.69, 9.17) is 4.74 Å². The Balaban J connectivity index is 1.63. The van der Waals surface area contributed by atoms with Crippen molar-refractivity contribution in [3.63, 3.8) is 0 Å². The van der Waals surface area contributed by atoms with Crippen molar-refractivity contribution in [2.24, 2.45) is 0 Å². The van der Waals surface area contributed by atoms with Crippen LogP contribution in [-0.4, -0.2) is 5.78 Å². The number of carbonyl (C=O) groups excluding carboxylic acids is 1. The molecule has 0 N–H and O–H groups in total. The first-order valence-electron chi connectivity index (χ1n) is 10.0. The Hall–Kier alpha value is -2.43. The second-order valence-electron chi connectivity index (χ2n) is 8.55. The van der Waals surface area contributed by atoms with E-state index in [0.717, 1.165) is 15.4 Å². The van der Waals surface area contributed by atoms with Crippen LogP contribution in [0.3, 0.4) is 0 Å². The summed E-state index contributed by atoms with van der Waals surface area (Å²) in [5.74, 6) is 0.714. The normalized spacial score (nSPS) is 20.5. The summed E-state index contributed by atoms with van der Waals surface area (Å²) in [7, 11) is 0. The molecule has 0 bridgehead atoms. The van der Waals surface area contributed by atoms with Crippen LogP contribution in [0, 0.1) is 0 Å². The molecule has 3 aromatic rings. The molecule has 1 atom stereocenters. The van der Waals surface area contributed by atoms with Crippen molar-refractivity contribution in [3.05, 3.63) is 99.3 Å². The van der Waals surface area contributed by atoms with Crippen molar-refractivity contribution in [2.75, 3.05) is 0 Å². The van der Waals surface area contributed by atoms with E-state index in [0.29, 0.717) is 11.3 Å². The minimum atomic E-state index is -0.403. The van der Waals surface area contributed by atoms with Crippen LogP contribution >= 0.6 is 23.5 Å². The fourth-order valence-electron chi connectivity index (χ4n) is 3.74. The van der Waals surface area contributed by atoms with Crippen LogP contribution in [0.5, 0.6) is 5.75 Å². The smallest absolute Gasteiger partial charge is 0.198 e. The van der Waals surface area contributed by atoms with Gasteiger partial charge in [-0.15, -0.1) is 0 Å². The zero-order valence-corrected chi connectivity index (χ0v) is 18.8. The molecular weight excluding hydrogens is 408 g/mol. The van der Waals surface area contributed by atoms with Crippen molar-refractivity contribution < 1.29 is 9.53 Å². The van der Waals surface area contributed by atoms with Gasteiger partial charge < -0.3 is 4.74 Å². The molecule has 4 heteroatoms. The second-order valence-corrected chi connectivity index (χ2v) is 10.9. The lowest BCUT2D eigenvalue weighted by atomic mass is 9.87. The fraction of sp³-hybridized carbons (Fsp3) is 0.192. The third-order valence-corrected chi connectivity index (χ3v) is 7.99. The number of carbonyl (C=O) groups is 1. The zero-order chi connectivity index (χ0) is 20.9. The van der Waals surface area contributed by atoms with Crippen LogP contribution in [0.4, 0.5) is 0 Å². The predicted molar refractivity (Wildman–Crippen MR) is 124 cm³/mol. The van der Waals surface area contributed by atoms with E-state index in [-0.39, 0.29) is 11.2 Å². The Morgan fingerprint density at radius 1 is 0.833 bits per heavy atom. The Morgan fingerprint density at radius 2 is 1.53 bits per heavy atom. The Kier molecular flexibility index (Phi) is 4.79. The molecule has 0 spiro atoms. The van der Waals surface area contributed by atoms with Gasteiger partial charge in [0.2, 0.25) is 0 Å². The average molecular weight is 431 g/mol. The molecule has 0 aliphatic carbocycles. The van der Waals surface area contributed by atoms with Crippen LogP contribution in [0.25, 0.3) is 0 Å². The number of hydrogen-bond acceptors (Lipinski definition) is 4. The van der Waals surface area contributed by atoms with E-state index in [1.165, 1.54) is 15.4 Å². The van der Waals surface area contributed by atoms with E-state index < -0.39 is 6.10 Å². The van der Waals surface area contributed by atoms with Gasteiger partial charge in [0.15, 0.2) is 11.9 Å². The van der Waals surface area contributed by atoms with Crippen LogP contribution in [0.2, 0.25) is 0 Å². The standard InChI is InChI=1S/C26H22O2S2/c1-26(2,3)17-13-14-20-21(15-17)30-25(29-20)22-23(27)18-11-7-8-12-19(18)28-24(22)16-9-5-4-6-10-16/h4-15,24H,1-3H3. The molecule has 150 valence electrons. The van der Waals surface area contributed by atoms with E-state index in [2.05, 4.69) is 39.0 Å². The number of ketones is 1. The van der Waals surface area contributed by atoms with Gasteiger partial charge >= 0.3 is 0 Å². The zero-order valence-electron chi connectivity index (χ0n) is 17.1. The quantitative estimate of drug-likeness (QED) is 0.376. The van der Waals surface area contributed by atoms with Gasteiger partial charge in [0, 0.05) is 9.79 Å². The van der Waals surface area contributed by atoms with Gasteiger partial charge in [0.05, 0.1) is 15.4 Å². The molecule has 0 saturated carbocycles. The van der Waals surface area contributed by atoms with Gasteiger partial charge in [0.1, 0.15) is 5.75 Å². The lowest BCUT2D eigenvalue weighted by molar-refractivity contribution is 0.0961. The summed E-state index contributed by atoms with van der Waals surface area (Å²) in [5.41, 5.74) is 3.76. The third kappa shape index (κ3) is 3.38. The van der Waals surface area contributed by atoms with Crippen molar-refractivity contribution >= 4 is 29.3 Å². The molecule has 2 aliphatic heterocycles. The number of benzene rings is 3. The number of Topliss-reactive ketones (excluding diaryl/α,β-unsaturated/α-hetero) is 1. The summed E-state index contributed by atoms with van der Waals surface area (Å²) in [5, 5.41) is 0. The van der Waals surface area contributed by atoms with Crippen LogP contribution in [0.1, 0.15) is 48.4 Å². The highest BCUT2D eigenvalue weighted by atomic mass is 32.2. The molecule has 30 heavy (non-hydrogen) atoms. The van der Waals surface area contributed by atoms with E-state index in [1.54, 1.807) is 23.5 Å². The summed E-state index contributed by atoms with van der Waals surface area (Å²) >= 11 is 3.37. The van der Waals surface area contributed by atoms with Crippen LogP contribution in [-0.2, 0) is 5.41 Å². The lowest BCUT2D eigenvalue weighted by Gasteiger charge is -2.29. The van der Waals surface area contributed by atoms with Crippen molar-refractivity contribution in [1.29, 1.82) is 0 Å². The Bertz CT molecular complexity index is 1170. The molecule has 0 fully saturated rings. The first-order valence-corrected chi connectivity index (χ1v) is 11.6. The van der Waals surface area contributed by atoms with Gasteiger partial charge in [-0.1, -0.05) is 92.8 Å². The minimum absolute atomic E-state index is 0.0598. The molecule has 2 heterocycles. The second kappa shape index (κ2) is 7.36. The van der Waals surface area contributed by atoms with Gasteiger partial charge in [0.25, 0.3) is 0 Å². The molecule has 0 radical (unpaired) electrons. The molecule has 0 aromatic heterocycles. The summed E-state index contributed by atoms with van der Waals surface area (Å²) in [4.78, 5) is 16.0. The van der Waals surface area contributed by atoms with Crippen LogP contribution < -0.4 is 4.74 Å². The minimum Gasteiger partial charge on any atom is -0.480 e. The molecule has 2 nitrogen and oxygen atoms in total. The number of para-hydroxylation sites is 1. The van der Waals surface area contributed by atoms with E-state index in [9.17, 15) is 4.79 Å². The molecule has 0 saturated heterocycles. The van der Waals surface area contributed by atoms with Crippen molar-refractivity contribution in [3.8, 4) is 5.75 Å². The SMILES string of the molecule is CC(C)(C)c1ccc2c(c1)SC(=C1C(=O)c3ccccc3OC1c1ccccc1)S2. The summed E-state index contributed by atoms with van der Waals surface area (Å²) in [6.07, 6.45) is -0.403. The van der Waals surface area contributed by atoms with E-state index in [1.807, 2.05) is 54.6 Å². The number of ether oxygens (including phenoxy) is 1. The highest BCUT2D eigenvalue weighted by Gasteiger charge is 2.37. The van der Waals surface area contributed by atoms with Crippen LogP contribution in [0.15, 0.2) is 92.4 Å². The van der Waals surface area contributed by atoms with E-state index >= 15 is 0 Å². The van der Waals surface area contributed by atoms with Gasteiger partial charge in [-0.25, -0.2) is 0 Å². The summed E-state index contributed by atoms with van der Waals surface area (Å²) in [6, 6.07) is 24.2. The third-order valence-electron chi connectivity index (χ3n) is 5.42. The average Bonchev–Trinajstić information content (AvgIpc) is 3.16. The van der Waals surface area contributed by atoms with Gasteiger partial charge in [-0.05, 0) is 40.8 Å². The number of fused-ring (bicyclic) bond motifs is 2. The maximum atomic E-state index is 13.6. The molecule has 5 rings (SSSR count). The largest absolute Gasteiger partial charge is 0.480 e. The maximum absolute atomic E-state index is 13.6. The number of rotatable bonds is 1. The predicted octanol–water partition coefficient (Wildman–Crippen LogP) is 7.41. The Morgan fingerprint density at radius 3 is 2.30 bits per heavy atom. The first-order chi connectivity index (χ1) is 14.4. The van der Waals surface area contributed by atoms with Gasteiger partial charge in [-0.3, -0.25) is 4.79 Å². The van der Waals surface area contributed by atoms with Crippen molar-refractivity contribution in [2.45, 2.75) is 42.1 Å². The first kappa shape index (κ1) is 19.5. The molecule has 2 aliphatic rings. The molecular formula is C26H22O2S2. The fourth-order valence-corrected chi connectivity index (χ4v) is 6.36. The molecule has 3 aromatic carbocycles.